The van der Waals surface area contributed by atoms with Crippen LogP contribution < -0.4 is 10.6 Å². The molecule has 27 heavy (non-hydrogen) atoms. The van der Waals surface area contributed by atoms with E-state index < -0.39 is 22.6 Å². The number of nitro groups is 1. The van der Waals surface area contributed by atoms with Gasteiger partial charge in [-0.05, 0) is 31.2 Å². The van der Waals surface area contributed by atoms with Crippen LogP contribution in [0.2, 0.25) is 5.02 Å². The van der Waals surface area contributed by atoms with Crippen LogP contribution in [0.4, 0.5) is 35.9 Å². The lowest BCUT2D eigenvalue weighted by Gasteiger charge is -2.25. The minimum absolute atomic E-state index is 0.134. The minimum atomic E-state index is -5.17. The SMILES string of the molecule is CC(O)(C(=O)Nc1ccc(Nc2ccccc2[N+](=O)[O-])cc1Cl)C(F)(F)F. The van der Waals surface area contributed by atoms with Crippen LogP contribution in [-0.4, -0.2) is 27.7 Å². The van der Waals surface area contributed by atoms with Gasteiger partial charge in [-0.1, -0.05) is 23.7 Å². The first-order chi connectivity index (χ1) is 12.4. The van der Waals surface area contributed by atoms with E-state index in [1.807, 2.05) is 5.32 Å². The van der Waals surface area contributed by atoms with Gasteiger partial charge in [0.2, 0.25) is 5.60 Å². The fraction of sp³-hybridized carbons (Fsp3) is 0.188. The van der Waals surface area contributed by atoms with Crippen LogP contribution in [0, 0.1) is 10.1 Å². The van der Waals surface area contributed by atoms with E-state index in [1.54, 1.807) is 6.07 Å². The van der Waals surface area contributed by atoms with E-state index in [-0.39, 0.29) is 22.1 Å². The van der Waals surface area contributed by atoms with Gasteiger partial charge in [-0.2, -0.15) is 13.2 Å². The number of nitrogens with zero attached hydrogens (tertiary/aromatic N) is 1. The maximum atomic E-state index is 12.7. The third-order valence-corrected chi connectivity index (χ3v) is 3.90. The number of hydrogen-bond acceptors (Lipinski definition) is 5. The molecule has 144 valence electrons. The fourth-order valence-electron chi connectivity index (χ4n) is 1.96. The Balaban J connectivity index is 2.22. The fourth-order valence-corrected chi connectivity index (χ4v) is 2.19. The number of carbonyl (C=O) groups excluding carboxylic acids is 1. The summed E-state index contributed by atoms with van der Waals surface area (Å²) in [5.41, 5.74) is -3.48. The predicted octanol–water partition coefficient (Wildman–Crippen LogP) is 4.24. The quantitative estimate of drug-likeness (QED) is 0.511. The second kappa shape index (κ2) is 7.41. The predicted molar refractivity (Wildman–Crippen MR) is 93.1 cm³/mol. The molecule has 0 aromatic heterocycles. The first-order valence-electron chi connectivity index (χ1n) is 7.34. The Labute approximate surface area is 155 Å². The molecule has 0 heterocycles. The molecule has 0 aliphatic carbocycles. The number of nitrogens with one attached hydrogen (secondary N) is 2. The Morgan fingerprint density at radius 1 is 1.19 bits per heavy atom. The number of carbonyl (C=O) groups is 1. The lowest BCUT2D eigenvalue weighted by molar-refractivity contribution is -0.383. The van der Waals surface area contributed by atoms with Crippen molar-refractivity contribution >= 4 is 40.3 Å². The zero-order valence-corrected chi connectivity index (χ0v) is 14.4. The first-order valence-corrected chi connectivity index (χ1v) is 7.72. The van der Waals surface area contributed by atoms with Gasteiger partial charge in [-0.3, -0.25) is 14.9 Å². The summed E-state index contributed by atoms with van der Waals surface area (Å²) in [6.07, 6.45) is -5.17. The van der Waals surface area contributed by atoms with Gasteiger partial charge >= 0.3 is 6.18 Å². The molecule has 0 bridgehead atoms. The number of aliphatic hydroxyl groups is 1. The Morgan fingerprint density at radius 2 is 1.81 bits per heavy atom. The van der Waals surface area contributed by atoms with Crippen LogP contribution in [0.3, 0.4) is 0 Å². The molecule has 1 amide bonds. The zero-order valence-electron chi connectivity index (χ0n) is 13.7. The molecule has 11 heteroatoms. The van der Waals surface area contributed by atoms with E-state index in [1.165, 1.54) is 36.4 Å². The lowest BCUT2D eigenvalue weighted by atomic mass is 10.1. The average Bonchev–Trinajstić information content (AvgIpc) is 2.56. The van der Waals surface area contributed by atoms with Gasteiger partial charge in [0.1, 0.15) is 5.69 Å². The number of alkyl halides is 3. The van der Waals surface area contributed by atoms with Crippen molar-refractivity contribution in [3.8, 4) is 0 Å². The highest BCUT2D eigenvalue weighted by atomic mass is 35.5. The maximum absolute atomic E-state index is 12.7. The van der Waals surface area contributed by atoms with Crippen LogP contribution in [0.5, 0.6) is 0 Å². The number of benzene rings is 2. The second-order valence-corrected chi connectivity index (χ2v) is 6.03. The zero-order chi connectivity index (χ0) is 20.4. The number of rotatable bonds is 5. The number of anilines is 3. The van der Waals surface area contributed by atoms with Crippen molar-refractivity contribution in [3.05, 3.63) is 57.6 Å². The molecular formula is C16H13ClF3N3O4. The Hall–Kier alpha value is -2.85. The molecule has 7 nitrogen and oxygen atoms in total. The minimum Gasteiger partial charge on any atom is -0.373 e. The van der Waals surface area contributed by atoms with Gasteiger partial charge in [-0.25, -0.2) is 0 Å². The molecule has 0 fully saturated rings. The van der Waals surface area contributed by atoms with E-state index >= 15 is 0 Å². The van der Waals surface area contributed by atoms with Crippen molar-refractivity contribution in [3.63, 3.8) is 0 Å². The molecule has 1 unspecified atom stereocenters. The molecule has 0 saturated carbocycles. The Morgan fingerprint density at radius 3 is 2.37 bits per heavy atom. The summed E-state index contributed by atoms with van der Waals surface area (Å²) >= 11 is 5.95. The van der Waals surface area contributed by atoms with Crippen molar-refractivity contribution in [1.29, 1.82) is 0 Å². The maximum Gasteiger partial charge on any atom is 0.426 e. The van der Waals surface area contributed by atoms with E-state index in [0.29, 0.717) is 12.6 Å². The van der Waals surface area contributed by atoms with Crippen LogP contribution >= 0.6 is 11.6 Å². The smallest absolute Gasteiger partial charge is 0.373 e. The van der Waals surface area contributed by atoms with Crippen molar-refractivity contribution in [2.24, 2.45) is 0 Å². The molecule has 1 atom stereocenters. The number of amides is 1. The molecule has 2 rings (SSSR count). The Kier molecular flexibility index (Phi) is 5.62. The highest BCUT2D eigenvalue weighted by molar-refractivity contribution is 6.34. The van der Waals surface area contributed by atoms with E-state index in [0.717, 1.165) is 0 Å². The third-order valence-electron chi connectivity index (χ3n) is 3.59. The van der Waals surface area contributed by atoms with Crippen LogP contribution in [0.25, 0.3) is 0 Å². The highest BCUT2D eigenvalue weighted by Crippen LogP contribution is 2.34. The summed E-state index contributed by atoms with van der Waals surface area (Å²) in [4.78, 5) is 22.1. The van der Waals surface area contributed by atoms with Crippen LogP contribution in [0.15, 0.2) is 42.5 Å². The summed E-state index contributed by atoms with van der Waals surface area (Å²) in [5, 5.41) is 24.9. The van der Waals surface area contributed by atoms with Gasteiger partial charge in [0.05, 0.1) is 15.6 Å². The van der Waals surface area contributed by atoms with Gasteiger partial charge in [0.25, 0.3) is 11.6 Å². The van der Waals surface area contributed by atoms with Crippen molar-refractivity contribution in [2.45, 2.75) is 18.7 Å². The summed E-state index contributed by atoms with van der Waals surface area (Å²) < 4.78 is 38.1. The molecule has 0 aliphatic heterocycles. The van der Waals surface area contributed by atoms with Gasteiger partial charge in [0, 0.05) is 11.8 Å². The topological polar surface area (TPSA) is 104 Å². The molecule has 2 aromatic carbocycles. The number of hydrogen-bond donors (Lipinski definition) is 3. The summed E-state index contributed by atoms with van der Waals surface area (Å²) in [6.45, 7) is 0.320. The number of halogens is 4. The van der Waals surface area contributed by atoms with Gasteiger partial charge in [0.15, 0.2) is 0 Å². The largest absolute Gasteiger partial charge is 0.426 e. The molecule has 2 aromatic rings. The normalized spacial score (nSPS) is 13.6. The van der Waals surface area contributed by atoms with E-state index in [2.05, 4.69) is 5.32 Å². The number of para-hydroxylation sites is 2. The monoisotopic (exact) mass is 403 g/mol. The van der Waals surface area contributed by atoms with E-state index in [4.69, 9.17) is 11.6 Å². The first kappa shape index (κ1) is 20.5. The summed E-state index contributed by atoms with van der Waals surface area (Å²) in [6, 6.07) is 9.62. The van der Waals surface area contributed by atoms with Gasteiger partial charge < -0.3 is 15.7 Å². The molecule has 0 radical (unpaired) electrons. The van der Waals surface area contributed by atoms with Crippen LogP contribution in [-0.2, 0) is 4.79 Å². The van der Waals surface area contributed by atoms with Crippen molar-refractivity contribution in [1.82, 2.24) is 0 Å². The third kappa shape index (κ3) is 4.47. The molecule has 0 spiro atoms. The lowest BCUT2D eigenvalue weighted by Crippen LogP contribution is -2.52. The standard InChI is InChI=1S/C16H13ClF3N3O4/c1-15(25,16(18,19)20)14(24)22-11-7-6-9(8-10(11)17)21-12-4-2-3-5-13(12)23(26)27/h2-8,21,25H,1H3,(H,22,24). The van der Waals surface area contributed by atoms with Crippen molar-refractivity contribution in [2.75, 3.05) is 10.6 Å². The summed E-state index contributed by atoms with van der Waals surface area (Å²) in [7, 11) is 0. The highest BCUT2D eigenvalue weighted by Gasteiger charge is 2.55. The number of nitro benzene ring substituents is 1. The Bertz CT molecular complexity index is 887. The molecular weight excluding hydrogens is 391 g/mol. The van der Waals surface area contributed by atoms with Crippen molar-refractivity contribution < 1.29 is 28.0 Å². The molecule has 0 aliphatic rings. The molecule has 0 saturated heterocycles. The van der Waals surface area contributed by atoms with Gasteiger partial charge in [-0.15, -0.1) is 0 Å². The van der Waals surface area contributed by atoms with Crippen LogP contribution in [0.1, 0.15) is 6.92 Å². The summed E-state index contributed by atoms with van der Waals surface area (Å²) in [5.74, 6) is -1.70. The van der Waals surface area contributed by atoms with E-state index in [9.17, 15) is 33.2 Å². The second-order valence-electron chi connectivity index (χ2n) is 5.62. The molecule has 3 N–H and O–H groups in total. The average molecular weight is 404 g/mol.